The van der Waals surface area contributed by atoms with Crippen LogP contribution in [0.5, 0.6) is 17.2 Å². The number of rotatable bonds is 5. The van der Waals surface area contributed by atoms with Gasteiger partial charge in [-0.2, -0.15) is 0 Å². The molecule has 3 fully saturated rings. The predicted molar refractivity (Wildman–Crippen MR) is 123 cm³/mol. The van der Waals surface area contributed by atoms with Crippen LogP contribution in [-0.2, 0) is 34.5 Å². The first kappa shape index (κ1) is 23.8. The van der Waals surface area contributed by atoms with Crippen molar-refractivity contribution in [3.05, 3.63) is 28.3 Å². The van der Waals surface area contributed by atoms with Crippen molar-refractivity contribution in [3.8, 4) is 17.2 Å². The summed E-state index contributed by atoms with van der Waals surface area (Å²) in [6.45, 7) is 1.28. The van der Waals surface area contributed by atoms with Crippen LogP contribution in [0.25, 0.3) is 10.8 Å². The molecule has 4 aliphatic heterocycles. The lowest BCUT2D eigenvalue weighted by atomic mass is 9.78. The van der Waals surface area contributed by atoms with Crippen molar-refractivity contribution in [3.63, 3.8) is 0 Å². The average Bonchev–Trinajstić information content (AvgIpc) is 3.51. The van der Waals surface area contributed by atoms with E-state index in [1.54, 1.807) is 0 Å². The Morgan fingerprint density at radius 2 is 1.97 bits per heavy atom. The van der Waals surface area contributed by atoms with Crippen molar-refractivity contribution in [2.75, 3.05) is 27.4 Å². The Labute approximate surface area is 210 Å². The molecule has 1 aliphatic carbocycles. The fourth-order valence-electron chi connectivity index (χ4n) is 6.74. The first-order valence-corrected chi connectivity index (χ1v) is 13.4. The quantitative estimate of drug-likeness (QED) is 0.378. The number of aromatic hydroxyl groups is 1. The number of carbonyl (C=O) groups excluding carboxylic acids is 1. The molecule has 3 saturated heterocycles. The molecular weight excluding hydrogens is 511 g/mol. The summed E-state index contributed by atoms with van der Waals surface area (Å²) in [5.41, 5.74) is 0.794. The minimum Gasteiger partial charge on any atom is -0.506 e. The summed E-state index contributed by atoms with van der Waals surface area (Å²) < 4.78 is 53.0. The molecule has 2 aromatic carbocycles. The van der Waals surface area contributed by atoms with Gasteiger partial charge in [0.25, 0.3) is 5.79 Å². The molecule has 2 bridgehead atoms. The topological polar surface area (TPSA) is 163 Å². The second-order valence-electron chi connectivity index (χ2n) is 10.1. The Morgan fingerprint density at radius 3 is 2.62 bits per heavy atom. The molecule has 1 spiro atoms. The summed E-state index contributed by atoms with van der Waals surface area (Å²) >= 11 is 0. The number of phenols is 1. The number of hydrogen-bond acceptors (Lipinski definition) is 10. The van der Waals surface area contributed by atoms with Gasteiger partial charge in [-0.15, -0.1) is 0 Å². The largest absolute Gasteiger partial charge is 0.506 e. The fourth-order valence-corrected chi connectivity index (χ4v) is 7.08. The number of fused-ring (bicyclic) bond motifs is 8. The van der Waals surface area contributed by atoms with Crippen LogP contribution in [-0.4, -0.2) is 71.4 Å². The van der Waals surface area contributed by atoms with E-state index in [4.69, 9.17) is 32.9 Å². The Balaban J connectivity index is 1.49. The maximum absolute atomic E-state index is 12.9. The van der Waals surface area contributed by atoms with Gasteiger partial charge in [0.15, 0.2) is 11.9 Å². The number of Topliss-reactive ketones (excluding diaryl/α,β-unsaturated/α-hetero) is 1. The summed E-state index contributed by atoms with van der Waals surface area (Å²) in [6.07, 6.45) is -0.110. The van der Waals surface area contributed by atoms with E-state index < -0.39 is 43.8 Å². The third-order valence-electron chi connectivity index (χ3n) is 8.29. The van der Waals surface area contributed by atoms with E-state index >= 15 is 0 Å². The number of hydrogen-bond donors (Lipinski definition) is 3. The van der Waals surface area contributed by atoms with Crippen molar-refractivity contribution in [2.24, 2.45) is 0 Å². The van der Waals surface area contributed by atoms with Crippen molar-refractivity contribution in [2.45, 2.75) is 55.6 Å². The Hall–Kier alpha value is -2.28. The van der Waals surface area contributed by atoms with Crippen LogP contribution in [0.2, 0.25) is 0 Å². The van der Waals surface area contributed by atoms with Crippen LogP contribution in [0.15, 0.2) is 6.07 Å². The SMILES string of the molecule is COc1c2c(c(O)c3c4c(c(C)cc13)[C@@H]1O[C@]3(COP(=O)(O)O)O[C@@H]1[C@@](OC)(O4)[C@@]31CO1)C(=O)CCC2. The van der Waals surface area contributed by atoms with Gasteiger partial charge in [-0.25, -0.2) is 4.57 Å². The van der Waals surface area contributed by atoms with Gasteiger partial charge in [0, 0.05) is 30.0 Å². The van der Waals surface area contributed by atoms with Crippen LogP contribution < -0.4 is 9.47 Å². The minimum absolute atomic E-state index is 0.0524. The second kappa shape index (κ2) is 7.22. The first-order chi connectivity index (χ1) is 17.5. The van der Waals surface area contributed by atoms with Gasteiger partial charge >= 0.3 is 7.82 Å². The van der Waals surface area contributed by atoms with Gasteiger partial charge in [-0.05, 0) is 31.4 Å². The van der Waals surface area contributed by atoms with Gasteiger partial charge in [-0.1, -0.05) is 0 Å². The van der Waals surface area contributed by atoms with Crippen molar-refractivity contribution < 1.29 is 57.2 Å². The molecule has 0 amide bonds. The lowest BCUT2D eigenvalue weighted by molar-refractivity contribution is -0.293. The Morgan fingerprint density at radius 1 is 1.22 bits per heavy atom. The predicted octanol–water partition coefficient (Wildman–Crippen LogP) is 2.16. The number of phenolic OH excluding ortho intramolecular Hbond substituents is 1. The number of epoxide rings is 1. The van der Waals surface area contributed by atoms with Crippen molar-refractivity contribution in [1.29, 1.82) is 0 Å². The van der Waals surface area contributed by atoms with Gasteiger partial charge < -0.3 is 43.3 Å². The highest BCUT2D eigenvalue weighted by atomic mass is 31.2. The average molecular weight is 536 g/mol. The molecule has 12 nitrogen and oxygen atoms in total. The van der Waals surface area contributed by atoms with E-state index in [9.17, 15) is 24.3 Å². The number of ketones is 1. The molecule has 7 rings (SSSR count). The van der Waals surface area contributed by atoms with Crippen molar-refractivity contribution >= 4 is 24.4 Å². The van der Waals surface area contributed by atoms with Gasteiger partial charge in [0.1, 0.15) is 30.0 Å². The lowest BCUT2D eigenvalue weighted by Gasteiger charge is -2.48. The van der Waals surface area contributed by atoms with Crippen LogP contribution in [0.3, 0.4) is 0 Å². The maximum atomic E-state index is 12.9. The zero-order chi connectivity index (χ0) is 26.1. The molecule has 0 unspecified atom stereocenters. The molecule has 2 aromatic rings. The highest BCUT2D eigenvalue weighted by Gasteiger charge is 2.91. The standard InChI is InChI=1S/C24H25O12P/c1-10-7-12-16(17(26)15-11(18(12)30-2)5-4-6-13(15)25)19-14(10)20-21-24(31-3,35-19)22(8-32-22)23(34-20,36-21)9-33-37(27,28)29/h7,20-21,26H,4-6,8-9H2,1-3H3,(H2,27,28,29)/t20-,21-,22+,23+,24+/m0/s1. The number of carbonyl (C=O) groups is 1. The molecule has 4 heterocycles. The highest BCUT2D eigenvalue weighted by Crippen LogP contribution is 2.71. The van der Waals surface area contributed by atoms with Gasteiger partial charge in [-0.3, -0.25) is 9.32 Å². The van der Waals surface area contributed by atoms with Crippen LogP contribution in [0.4, 0.5) is 0 Å². The number of aryl methyl sites for hydroxylation is 1. The molecule has 198 valence electrons. The zero-order valence-corrected chi connectivity index (χ0v) is 21.1. The number of benzene rings is 2. The van der Waals surface area contributed by atoms with Crippen LogP contribution >= 0.6 is 7.82 Å². The van der Waals surface area contributed by atoms with Crippen LogP contribution in [0, 0.1) is 6.92 Å². The van der Waals surface area contributed by atoms with E-state index in [0.29, 0.717) is 41.5 Å². The summed E-state index contributed by atoms with van der Waals surface area (Å²) in [6, 6.07) is 1.84. The normalized spacial score (nSPS) is 35.0. The minimum atomic E-state index is -4.86. The number of methoxy groups -OCH3 is 2. The van der Waals surface area contributed by atoms with E-state index in [0.717, 1.165) is 5.56 Å². The number of phosphoric ester groups is 1. The molecule has 5 aliphatic rings. The number of ether oxygens (including phenoxy) is 6. The smallest absolute Gasteiger partial charge is 0.469 e. The van der Waals surface area contributed by atoms with E-state index in [1.807, 2.05) is 13.0 Å². The summed E-state index contributed by atoms with van der Waals surface area (Å²) in [4.78, 5) is 31.6. The highest BCUT2D eigenvalue weighted by molar-refractivity contribution is 7.46. The lowest BCUT2D eigenvalue weighted by Crippen LogP contribution is -2.68. The first-order valence-electron chi connectivity index (χ1n) is 11.9. The maximum Gasteiger partial charge on any atom is 0.469 e. The third-order valence-corrected chi connectivity index (χ3v) is 8.76. The monoisotopic (exact) mass is 536 g/mol. The third kappa shape index (κ3) is 2.72. The summed E-state index contributed by atoms with van der Waals surface area (Å²) in [5.74, 6) is -2.91. The molecule has 5 atom stereocenters. The Bertz CT molecular complexity index is 1440. The molecule has 0 saturated carbocycles. The van der Waals surface area contributed by atoms with E-state index in [-0.39, 0.29) is 34.8 Å². The molecule has 37 heavy (non-hydrogen) atoms. The van der Waals surface area contributed by atoms with Gasteiger partial charge in [0.05, 0.1) is 24.7 Å². The zero-order valence-electron chi connectivity index (χ0n) is 20.2. The molecule has 0 radical (unpaired) electrons. The summed E-state index contributed by atoms with van der Waals surface area (Å²) in [7, 11) is -1.92. The Kier molecular flexibility index (Phi) is 4.64. The van der Waals surface area contributed by atoms with Crippen molar-refractivity contribution in [1.82, 2.24) is 0 Å². The molecule has 13 heteroatoms. The fraction of sp³-hybridized carbons (Fsp3) is 0.542. The van der Waals surface area contributed by atoms with E-state index in [2.05, 4.69) is 0 Å². The van der Waals surface area contributed by atoms with Gasteiger partial charge in [0.2, 0.25) is 11.4 Å². The summed E-state index contributed by atoms with van der Waals surface area (Å²) in [5, 5.41) is 12.4. The molecule has 0 aromatic heterocycles. The molecule has 3 N–H and O–H groups in total. The van der Waals surface area contributed by atoms with E-state index in [1.165, 1.54) is 14.2 Å². The second-order valence-corrected chi connectivity index (χ2v) is 11.3. The molecular formula is C24H25O12P. The number of phosphoric acid groups is 1. The van der Waals surface area contributed by atoms with Crippen LogP contribution in [0.1, 0.15) is 46.0 Å².